The second kappa shape index (κ2) is 2.74. The van der Waals surface area contributed by atoms with E-state index < -0.39 is 9.84 Å². The Morgan fingerprint density at radius 1 is 1.15 bits per heavy atom. The van der Waals surface area contributed by atoms with Gasteiger partial charge in [-0.1, -0.05) is 23.2 Å². The van der Waals surface area contributed by atoms with Crippen LogP contribution in [0.2, 0.25) is 5.02 Å². The van der Waals surface area contributed by atoms with Crippen molar-refractivity contribution in [3.05, 3.63) is 34.2 Å². The molecule has 1 aromatic rings. The summed E-state index contributed by atoms with van der Waals surface area (Å²) in [5.41, 5.74) is 0.481. The lowest BCUT2D eigenvalue weighted by molar-refractivity contribution is 0.605. The Morgan fingerprint density at radius 2 is 1.85 bits per heavy atom. The molecule has 0 unspecified atom stereocenters. The first kappa shape index (κ1) is 9.06. The molecule has 0 bridgehead atoms. The maximum atomic E-state index is 11.4. The van der Waals surface area contributed by atoms with Gasteiger partial charge in [0.1, 0.15) is 0 Å². The van der Waals surface area contributed by atoms with E-state index >= 15 is 0 Å². The lowest BCUT2D eigenvalue weighted by Gasteiger charge is -1.98. The van der Waals surface area contributed by atoms with Crippen LogP contribution in [0, 0.1) is 0 Å². The van der Waals surface area contributed by atoms with Crippen LogP contribution in [0.15, 0.2) is 28.5 Å². The summed E-state index contributed by atoms with van der Waals surface area (Å²) < 4.78 is 22.7. The lowest BCUT2D eigenvalue weighted by atomic mass is 10.2. The highest BCUT2D eigenvalue weighted by Crippen LogP contribution is 2.36. The van der Waals surface area contributed by atoms with Gasteiger partial charge in [-0.25, -0.2) is 8.42 Å². The molecule has 0 N–H and O–H groups in total. The zero-order chi connectivity index (χ0) is 9.64. The third-order valence-electron chi connectivity index (χ3n) is 1.76. The van der Waals surface area contributed by atoms with Crippen LogP contribution in [0.5, 0.6) is 0 Å². The Morgan fingerprint density at radius 3 is 2.54 bits per heavy atom. The van der Waals surface area contributed by atoms with Gasteiger partial charge in [0, 0.05) is 10.6 Å². The van der Waals surface area contributed by atoms with Crippen molar-refractivity contribution in [3.63, 3.8) is 0 Å². The summed E-state index contributed by atoms with van der Waals surface area (Å²) in [5.74, 6) is 0. The fraction of sp³-hybridized carbons (Fsp3) is 0. The van der Waals surface area contributed by atoms with Crippen LogP contribution >= 0.6 is 23.2 Å². The van der Waals surface area contributed by atoms with Crippen molar-refractivity contribution in [2.45, 2.75) is 4.90 Å². The minimum absolute atomic E-state index is 0.220. The van der Waals surface area contributed by atoms with Gasteiger partial charge in [-0.3, -0.25) is 0 Å². The summed E-state index contributed by atoms with van der Waals surface area (Å²) >= 11 is 11.4. The first-order valence-electron chi connectivity index (χ1n) is 3.43. The molecule has 0 saturated heterocycles. The predicted molar refractivity (Wildman–Crippen MR) is 52.5 cm³/mol. The average Bonchev–Trinajstić information content (AvgIpc) is 2.22. The van der Waals surface area contributed by atoms with Crippen LogP contribution in [0.25, 0.3) is 5.03 Å². The van der Waals surface area contributed by atoms with Crippen LogP contribution in [0.3, 0.4) is 0 Å². The minimum atomic E-state index is -3.32. The minimum Gasteiger partial charge on any atom is -0.219 e. The molecule has 0 aliphatic carbocycles. The van der Waals surface area contributed by atoms with Crippen LogP contribution in [0.1, 0.15) is 5.56 Å². The maximum Gasteiger partial charge on any atom is 0.201 e. The van der Waals surface area contributed by atoms with E-state index in [1.807, 2.05) is 0 Å². The number of benzene rings is 1. The molecule has 2 nitrogen and oxygen atoms in total. The van der Waals surface area contributed by atoms with Crippen molar-refractivity contribution in [2.75, 3.05) is 0 Å². The average molecular weight is 235 g/mol. The van der Waals surface area contributed by atoms with Gasteiger partial charge in [0.2, 0.25) is 9.84 Å². The van der Waals surface area contributed by atoms with Gasteiger partial charge in [0.25, 0.3) is 0 Å². The van der Waals surface area contributed by atoms with E-state index in [0.29, 0.717) is 10.6 Å². The zero-order valence-corrected chi connectivity index (χ0v) is 8.62. The molecule has 68 valence electrons. The Hall–Kier alpha value is -0.510. The molecule has 0 fully saturated rings. The monoisotopic (exact) mass is 234 g/mol. The normalized spacial score (nSPS) is 18.2. The van der Waals surface area contributed by atoms with Crippen molar-refractivity contribution in [2.24, 2.45) is 0 Å². The fourth-order valence-corrected chi connectivity index (χ4v) is 3.20. The number of halogens is 2. The van der Waals surface area contributed by atoms with E-state index in [9.17, 15) is 8.42 Å². The molecule has 1 aliphatic heterocycles. The smallest absolute Gasteiger partial charge is 0.201 e. The van der Waals surface area contributed by atoms with Gasteiger partial charge in [0.05, 0.1) is 15.3 Å². The molecule has 2 rings (SSSR count). The van der Waals surface area contributed by atoms with Crippen molar-refractivity contribution < 1.29 is 8.42 Å². The van der Waals surface area contributed by atoms with Gasteiger partial charge >= 0.3 is 0 Å². The third-order valence-corrected chi connectivity index (χ3v) is 3.96. The van der Waals surface area contributed by atoms with Crippen LogP contribution in [-0.4, -0.2) is 8.42 Å². The molecule has 0 spiro atoms. The Labute approximate surface area is 85.7 Å². The molecule has 5 heteroatoms. The van der Waals surface area contributed by atoms with Gasteiger partial charge in [-0.15, -0.1) is 0 Å². The molecular formula is C8H4Cl2O2S. The first-order valence-corrected chi connectivity index (χ1v) is 5.73. The number of hydrogen-bond acceptors (Lipinski definition) is 2. The molecule has 0 aromatic heterocycles. The molecule has 1 aromatic carbocycles. The maximum absolute atomic E-state index is 11.4. The SMILES string of the molecule is O=S1(=O)C=C(Cl)c2cc(Cl)ccc21. The topological polar surface area (TPSA) is 34.1 Å². The second-order valence-corrected chi connectivity index (χ2v) is 5.26. The lowest BCUT2D eigenvalue weighted by Crippen LogP contribution is -1.92. The summed E-state index contributed by atoms with van der Waals surface area (Å²) in [6, 6.07) is 4.53. The first-order chi connectivity index (χ1) is 6.00. The van der Waals surface area contributed by atoms with Gasteiger partial charge < -0.3 is 0 Å². The van der Waals surface area contributed by atoms with Gasteiger partial charge in [-0.2, -0.15) is 0 Å². The summed E-state index contributed by atoms with van der Waals surface area (Å²) in [5, 5.41) is 1.73. The van der Waals surface area contributed by atoms with Crippen LogP contribution < -0.4 is 0 Å². The molecule has 0 atom stereocenters. The molecule has 0 amide bonds. The molecule has 1 aliphatic rings. The van der Waals surface area contributed by atoms with E-state index in [0.717, 1.165) is 5.41 Å². The Kier molecular flexibility index (Phi) is 1.91. The summed E-state index contributed by atoms with van der Waals surface area (Å²) in [6.07, 6.45) is 0. The molecular weight excluding hydrogens is 231 g/mol. The van der Waals surface area contributed by atoms with Gasteiger partial charge in [-0.05, 0) is 18.2 Å². The van der Waals surface area contributed by atoms with E-state index in [2.05, 4.69) is 0 Å². The Bertz CT molecular complexity index is 503. The van der Waals surface area contributed by atoms with E-state index in [1.165, 1.54) is 12.1 Å². The second-order valence-electron chi connectivity index (χ2n) is 2.65. The number of rotatable bonds is 0. The molecule has 0 saturated carbocycles. The van der Waals surface area contributed by atoms with Crippen molar-refractivity contribution >= 4 is 38.1 Å². The van der Waals surface area contributed by atoms with Crippen molar-refractivity contribution in [1.82, 2.24) is 0 Å². The van der Waals surface area contributed by atoms with Crippen molar-refractivity contribution in [3.8, 4) is 0 Å². The van der Waals surface area contributed by atoms with Gasteiger partial charge in [0.15, 0.2) is 0 Å². The van der Waals surface area contributed by atoms with Crippen LogP contribution in [0.4, 0.5) is 0 Å². The largest absolute Gasteiger partial charge is 0.219 e. The quantitative estimate of drug-likeness (QED) is 0.692. The number of sulfone groups is 1. The fourth-order valence-electron chi connectivity index (χ4n) is 1.20. The zero-order valence-electron chi connectivity index (χ0n) is 6.29. The van der Waals surface area contributed by atoms with Crippen molar-refractivity contribution in [1.29, 1.82) is 0 Å². The predicted octanol–water partition coefficient (Wildman–Crippen LogP) is 2.66. The van der Waals surface area contributed by atoms with E-state index in [-0.39, 0.29) is 9.93 Å². The van der Waals surface area contributed by atoms with E-state index in [4.69, 9.17) is 23.2 Å². The summed E-state index contributed by atoms with van der Waals surface area (Å²) in [7, 11) is -3.32. The highest BCUT2D eigenvalue weighted by Gasteiger charge is 2.25. The highest BCUT2D eigenvalue weighted by atomic mass is 35.5. The van der Waals surface area contributed by atoms with Crippen LogP contribution in [-0.2, 0) is 9.84 Å². The highest BCUT2D eigenvalue weighted by molar-refractivity contribution is 7.95. The van der Waals surface area contributed by atoms with E-state index in [1.54, 1.807) is 6.07 Å². The number of hydrogen-bond donors (Lipinski definition) is 0. The molecule has 13 heavy (non-hydrogen) atoms. The summed E-state index contributed by atoms with van der Waals surface area (Å²) in [4.78, 5) is 0.224. The molecule has 1 heterocycles. The summed E-state index contributed by atoms with van der Waals surface area (Å²) in [6.45, 7) is 0. The third kappa shape index (κ3) is 1.37. The number of fused-ring (bicyclic) bond motifs is 1. The standard InChI is InChI=1S/C8H4Cl2O2S/c9-5-1-2-8-6(3-5)7(10)4-13(8,11)12/h1-4H. The Balaban J connectivity index is 2.82. The molecule has 0 radical (unpaired) electrons.